The van der Waals surface area contributed by atoms with Crippen LogP contribution in [0.5, 0.6) is 5.75 Å². The third-order valence-electron chi connectivity index (χ3n) is 5.85. The first-order valence-electron chi connectivity index (χ1n) is 10.2. The first-order valence-corrected chi connectivity index (χ1v) is 11.8. The van der Waals surface area contributed by atoms with E-state index in [1.165, 1.54) is 18.1 Å². The van der Waals surface area contributed by atoms with Gasteiger partial charge < -0.3 is 15.8 Å². The van der Waals surface area contributed by atoms with E-state index in [-0.39, 0.29) is 23.3 Å². The van der Waals surface area contributed by atoms with Gasteiger partial charge in [0.15, 0.2) is 5.65 Å². The summed E-state index contributed by atoms with van der Waals surface area (Å²) in [6, 6.07) is 1.57. The molecule has 2 aromatic heterocycles. The number of hydrogen-bond acceptors (Lipinski definition) is 7. The summed E-state index contributed by atoms with van der Waals surface area (Å²) >= 11 is 7.86. The molecule has 3 aromatic rings. The number of amides is 1. The maximum Gasteiger partial charge on any atom is 0.220 e. The normalized spacial score (nSPS) is 18.1. The molecule has 1 saturated heterocycles. The van der Waals surface area contributed by atoms with E-state index in [4.69, 9.17) is 27.2 Å². The Bertz CT molecular complexity index is 1220. The van der Waals surface area contributed by atoms with Gasteiger partial charge in [-0.1, -0.05) is 11.6 Å². The second-order valence-corrected chi connectivity index (χ2v) is 9.35. The van der Waals surface area contributed by atoms with Crippen molar-refractivity contribution < 1.29 is 13.9 Å². The summed E-state index contributed by atoms with van der Waals surface area (Å²) in [5, 5.41) is 8.10. The lowest BCUT2D eigenvalue weighted by atomic mass is 9.92. The number of nitrogens with one attached hydrogen (secondary N) is 1. The number of nitrogens with two attached hydrogens (primary N) is 1. The van der Waals surface area contributed by atoms with Crippen LogP contribution in [-0.2, 0) is 9.67 Å². The summed E-state index contributed by atoms with van der Waals surface area (Å²) in [5.74, 6) is -0.387. The van der Waals surface area contributed by atoms with E-state index in [0.717, 1.165) is 0 Å². The molecule has 0 radical (unpaired) electrons. The molecular weight excluding hydrogens is 455 g/mol. The second kappa shape index (κ2) is 8.40. The highest BCUT2D eigenvalue weighted by atomic mass is 35.5. The van der Waals surface area contributed by atoms with Gasteiger partial charge in [-0.15, -0.1) is 11.8 Å². The summed E-state index contributed by atoms with van der Waals surface area (Å²) in [5.41, 5.74) is 8.25. The Kier molecular flexibility index (Phi) is 5.93. The number of nitrogen functional groups attached to an aromatic ring is 1. The van der Waals surface area contributed by atoms with Crippen LogP contribution in [-0.4, -0.2) is 45.1 Å². The van der Waals surface area contributed by atoms with E-state index in [2.05, 4.69) is 15.3 Å². The topological polar surface area (TPSA) is 108 Å². The predicted octanol–water partition coefficient (Wildman–Crippen LogP) is 3.60. The molecule has 8 nitrogen and oxygen atoms in total. The maximum atomic E-state index is 15.3. The van der Waals surface area contributed by atoms with E-state index < -0.39 is 10.7 Å². The van der Waals surface area contributed by atoms with Crippen molar-refractivity contribution in [1.29, 1.82) is 0 Å². The molecule has 1 aliphatic heterocycles. The Labute approximate surface area is 194 Å². The van der Waals surface area contributed by atoms with Crippen molar-refractivity contribution in [3.63, 3.8) is 0 Å². The number of ether oxygens (including phenoxy) is 1. The van der Waals surface area contributed by atoms with Crippen molar-refractivity contribution >= 4 is 46.1 Å². The minimum atomic E-state index is -0.875. The van der Waals surface area contributed by atoms with Crippen molar-refractivity contribution in [2.45, 2.75) is 38.0 Å². The molecule has 11 heteroatoms. The molecule has 0 saturated carbocycles. The van der Waals surface area contributed by atoms with E-state index >= 15 is 4.39 Å². The van der Waals surface area contributed by atoms with Gasteiger partial charge in [0.2, 0.25) is 5.91 Å². The highest BCUT2D eigenvalue weighted by Crippen LogP contribution is 2.48. The molecule has 0 aliphatic carbocycles. The van der Waals surface area contributed by atoms with Gasteiger partial charge in [0.25, 0.3) is 0 Å². The quantitative estimate of drug-likeness (QED) is 0.557. The first kappa shape index (κ1) is 22.6. The van der Waals surface area contributed by atoms with Gasteiger partial charge in [-0.25, -0.2) is 19.0 Å². The van der Waals surface area contributed by atoms with Gasteiger partial charge in [0, 0.05) is 30.0 Å². The SMILES string of the molecule is CCOc1c(C(C)(SC)n2nc(C)c3c(N)ncnc32)cc(Cl)c(F)c1[C@@H]1CNC(=O)C1. The predicted molar refractivity (Wildman–Crippen MR) is 124 cm³/mol. The zero-order chi connectivity index (χ0) is 23.2. The smallest absolute Gasteiger partial charge is 0.220 e. The van der Waals surface area contributed by atoms with E-state index in [1.54, 1.807) is 10.7 Å². The number of benzene rings is 1. The molecule has 1 unspecified atom stereocenters. The molecular formula is C21H24ClFN6O2S. The molecule has 0 spiro atoms. The van der Waals surface area contributed by atoms with E-state index in [1.807, 2.05) is 27.0 Å². The Morgan fingerprint density at radius 2 is 2.22 bits per heavy atom. The molecule has 3 heterocycles. The number of hydrogen-bond donors (Lipinski definition) is 2. The fraction of sp³-hybridized carbons (Fsp3) is 0.429. The second-order valence-electron chi connectivity index (χ2n) is 7.74. The summed E-state index contributed by atoms with van der Waals surface area (Å²) < 4.78 is 23.1. The number of anilines is 1. The highest BCUT2D eigenvalue weighted by Gasteiger charge is 2.39. The average Bonchev–Trinajstić information content (AvgIpc) is 3.34. The van der Waals surface area contributed by atoms with Crippen molar-refractivity contribution in [3.8, 4) is 5.75 Å². The number of nitrogens with zero attached hydrogens (tertiary/aromatic N) is 4. The Morgan fingerprint density at radius 1 is 1.47 bits per heavy atom. The van der Waals surface area contributed by atoms with Crippen LogP contribution >= 0.6 is 23.4 Å². The molecule has 1 aromatic carbocycles. The molecule has 170 valence electrons. The summed E-state index contributed by atoms with van der Waals surface area (Å²) in [4.78, 5) is 19.5. The van der Waals surface area contributed by atoms with Gasteiger partial charge in [-0.2, -0.15) is 5.10 Å². The molecule has 1 amide bonds. The van der Waals surface area contributed by atoms with E-state index in [0.29, 0.717) is 52.6 Å². The van der Waals surface area contributed by atoms with Gasteiger partial charge in [-0.05, 0) is 33.1 Å². The van der Waals surface area contributed by atoms with Gasteiger partial charge in [0.05, 0.1) is 22.7 Å². The maximum absolute atomic E-state index is 15.3. The van der Waals surface area contributed by atoms with Crippen LogP contribution in [0.4, 0.5) is 10.2 Å². The first-order chi connectivity index (χ1) is 15.2. The fourth-order valence-electron chi connectivity index (χ4n) is 4.20. The molecule has 4 rings (SSSR count). The zero-order valence-electron chi connectivity index (χ0n) is 18.2. The molecule has 3 N–H and O–H groups in total. The number of fused-ring (bicyclic) bond motifs is 1. The highest BCUT2D eigenvalue weighted by molar-refractivity contribution is 7.99. The number of thioether (sulfide) groups is 1. The van der Waals surface area contributed by atoms with Gasteiger partial charge in [-0.3, -0.25) is 4.79 Å². The van der Waals surface area contributed by atoms with Crippen molar-refractivity contribution in [2.24, 2.45) is 0 Å². The standard InChI is InChI=1S/C21H24ClFN6O2S/c1-5-31-18-12(7-13(22)17(23)16(18)11-6-14(30)25-8-11)21(3,32-4)29-20-15(10(2)28-29)19(24)26-9-27-20/h7,9,11H,5-6,8H2,1-4H3,(H,25,30)(H2,24,26,27)/t11-,21?/m0/s1. The minimum Gasteiger partial charge on any atom is -0.493 e. The van der Waals surface area contributed by atoms with Crippen LogP contribution in [0.1, 0.15) is 43.0 Å². The summed E-state index contributed by atoms with van der Waals surface area (Å²) in [6.07, 6.45) is 3.47. The number of aryl methyl sites for hydroxylation is 1. The van der Waals surface area contributed by atoms with Crippen LogP contribution in [0.2, 0.25) is 5.02 Å². The summed E-state index contributed by atoms with van der Waals surface area (Å²) in [6.45, 7) is 6.24. The van der Waals surface area contributed by atoms with Crippen LogP contribution < -0.4 is 15.8 Å². The monoisotopic (exact) mass is 478 g/mol. The van der Waals surface area contributed by atoms with Crippen molar-refractivity contribution in [2.75, 3.05) is 25.1 Å². The largest absolute Gasteiger partial charge is 0.493 e. The average molecular weight is 479 g/mol. The molecule has 2 atom stereocenters. The van der Waals surface area contributed by atoms with Crippen LogP contribution in [0.3, 0.4) is 0 Å². The third-order valence-corrected chi connectivity index (χ3v) is 7.31. The lowest BCUT2D eigenvalue weighted by molar-refractivity contribution is -0.119. The molecule has 32 heavy (non-hydrogen) atoms. The number of halogens is 2. The van der Waals surface area contributed by atoms with Crippen LogP contribution in [0, 0.1) is 12.7 Å². The third kappa shape index (κ3) is 3.45. The number of carbonyl (C=O) groups is 1. The van der Waals surface area contributed by atoms with Gasteiger partial charge >= 0.3 is 0 Å². The van der Waals surface area contributed by atoms with Crippen molar-refractivity contribution in [3.05, 3.63) is 40.1 Å². The van der Waals surface area contributed by atoms with E-state index in [9.17, 15) is 4.79 Å². The fourth-order valence-corrected chi connectivity index (χ4v) is 5.08. The number of carbonyl (C=O) groups excluding carboxylic acids is 1. The van der Waals surface area contributed by atoms with Crippen LogP contribution in [0.25, 0.3) is 11.0 Å². The van der Waals surface area contributed by atoms with Crippen LogP contribution in [0.15, 0.2) is 12.4 Å². The molecule has 0 bridgehead atoms. The lowest BCUT2D eigenvalue weighted by Gasteiger charge is -2.32. The number of aromatic nitrogens is 4. The zero-order valence-corrected chi connectivity index (χ0v) is 19.8. The Hall–Kier alpha value is -2.59. The Morgan fingerprint density at radius 3 is 2.84 bits per heavy atom. The molecule has 1 aliphatic rings. The van der Waals surface area contributed by atoms with Crippen molar-refractivity contribution in [1.82, 2.24) is 25.1 Å². The Balaban J connectivity index is 2.02. The minimum absolute atomic E-state index is 0.0413. The summed E-state index contributed by atoms with van der Waals surface area (Å²) in [7, 11) is 0. The molecule has 1 fully saturated rings. The lowest BCUT2D eigenvalue weighted by Crippen LogP contribution is -2.30. The number of rotatable bonds is 6. The van der Waals surface area contributed by atoms with Gasteiger partial charge in [0.1, 0.15) is 28.6 Å².